The maximum absolute atomic E-state index is 11.5. The average Bonchev–Trinajstić information content (AvgIpc) is 2.10. The van der Waals surface area contributed by atoms with Crippen molar-refractivity contribution >= 4 is 15.7 Å². The molecular formula is C10H22N2O3S. The molecule has 96 valence electrons. The number of hydrogen-bond acceptors (Lipinski definition) is 4. The Morgan fingerprint density at radius 1 is 1.31 bits per heavy atom. The number of carbonyl (C=O) groups is 1. The lowest BCUT2D eigenvalue weighted by Crippen LogP contribution is -2.47. The first kappa shape index (κ1) is 15.4. The molecule has 2 N–H and O–H groups in total. The third-order valence-electron chi connectivity index (χ3n) is 2.03. The van der Waals surface area contributed by atoms with Crippen LogP contribution in [0.1, 0.15) is 27.2 Å². The molecule has 0 aromatic heterocycles. The largest absolute Gasteiger partial charge is 0.355 e. The molecule has 0 aromatic rings. The van der Waals surface area contributed by atoms with E-state index in [2.05, 4.69) is 10.6 Å². The van der Waals surface area contributed by atoms with Crippen molar-refractivity contribution in [3.05, 3.63) is 0 Å². The van der Waals surface area contributed by atoms with Crippen LogP contribution in [0.4, 0.5) is 0 Å². The molecule has 0 saturated carbocycles. The van der Waals surface area contributed by atoms with Crippen LogP contribution in [-0.4, -0.2) is 45.0 Å². The maximum Gasteiger partial charge on any atom is 0.236 e. The molecule has 0 heterocycles. The molecular weight excluding hydrogens is 228 g/mol. The third kappa shape index (κ3) is 7.64. The highest BCUT2D eigenvalue weighted by Gasteiger charge is 2.17. The molecule has 2 unspecified atom stereocenters. The average molecular weight is 250 g/mol. The van der Waals surface area contributed by atoms with Crippen LogP contribution in [0.5, 0.6) is 0 Å². The van der Waals surface area contributed by atoms with Crippen molar-refractivity contribution in [2.45, 2.75) is 39.3 Å². The second-order valence-corrected chi connectivity index (χ2v) is 6.36. The fraction of sp³-hybridized carbons (Fsp3) is 0.900. The Morgan fingerprint density at radius 3 is 2.31 bits per heavy atom. The fourth-order valence-electron chi connectivity index (χ4n) is 1.41. The van der Waals surface area contributed by atoms with E-state index < -0.39 is 9.84 Å². The molecule has 5 nitrogen and oxygen atoms in total. The Kier molecular flexibility index (Phi) is 6.59. The van der Waals surface area contributed by atoms with Gasteiger partial charge in [-0.2, -0.15) is 0 Å². The molecule has 2 atom stereocenters. The smallest absolute Gasteiger partial charge is 0.236 e. The van der Waals surface area contributed by atoms with Gasteiger partial charge in [-0.3, -0.25) is 4.79 Å². The molecule has 0 aliphatic rings. The topological polar surface area (TPSA) is 75.3 Å². The Bertz CT molecular complexity index is 314. The van der Waals surface area contributed by atoms with Gasteiger partial charge in [0.1, 0.15) is 9.84 Å². The first-order chi connectivity index (χ1) is 7.26. The highest BCUT2D eigenvalue weighted by molar-refractivity contribution is 7.90. The molecule has 0 rings (SSSR count). The number of rotatable bonds is 7. The van der Waals surface area contributed by atoms with Gasteiger partial charge in [0, 0.05) is 18.8 Å². The molecule has 16 heavy (non-hydrogen) atoms. The van der Waals surface area contributed by atoms with Gasteiger partial charge in [-0.15, -0.1) is 0 Å². The number of sulfone groups is 1. The molecule has 6 heteroatoms. The van der Waals surface area contributed by atoms with Crippen LogP contribution < -0.4 is 10.6 Å². The van der Waals surface area contributed by atoms with Gasteiger partial charge in [0.15, 0.2) is 0 Å². The standard InChI is InChI=1S/C10H22N2O3S/c1-5-6-11-10(13)9(3)12-8(2)7-16(4,14)15/h8-9,12H,5-7H2,1-4H3,(H,11,13). The number of carbonyl (C=O) groups excluding carboxylic acids is 1. The minimum atomic E-state index is -3.01. The predicted molar refractivity (Wildman–Crippen MR) is 65.1 cm³/mol. The van der Waals surface area contributed by atoms with Gasteiger partial charge in [0.2, 0.25) is 5.91 Å². The van der Waals surface area contributed by atoms with Crippen molar-refractivity contribution in [1.29, 1.82) is 0 Å². The lowest BCUT2D eigenvalue weighted by atomic mass is 10.2. The predicted octanol–water partition coefficient (Wildman–Crippen LogP) is -0.0762. The van der Waals surface area contributed by atoms with E-state index in [1.807, 2.05) is 6.92 Å². The minimum absolute atomic E-state index is 0.0401. The lowest BCUT2D eigenvalue weighted by Gasteiger charge is -2.18. The molecule has 0 aliphatic heterocycles. The molecule has 0 radical (unpaired) electrons. The van der Waals surface area contributed by atoms with E-state index in [1.165, 1.54) is 6.26 Å². The van der Waals surface area contributed by atoms with Crippen molar-refractivity contribution < 1.29 is 13.2 Å². The lowest BCUT2D eigenvalue weighted by molar-refractivity contribution is -0.122. The molecule has 0 spiro atoms. The Labute approximate surface area is 97.9 Å². The number of amides is 1. The van der Waals surface area contributed by atoms with Gasteiger partial charge in [0.25, 0.3) is 0 Å². The van der Waals surface area contributed by atoms with E-state index in [0.717, 1.165) is 6.42 Å². The molecule has 0 fully saturated rings. The molecule has 0 bridgehead atoms. The SMILES string of the molecule is CCCNC(=O)C(C)NC(C)CS(C)(=O)=O. The first-order valence-electron chi connectivity index (χ1n) is 5.47. The van der Waals surface area contributed by atoms with Crippen LogP contribution in [0.2, 0.25) is 0 Å². The monoisotopic (exact) mass is 250 g/mol. The summed E-state index contributed by atoms with van der Waals surface area (Å²) in [5, 5.41) is 5.70. The van der Waals surface area contributed by atoms with Crippen molar-refractivity contribution in [3.8, 4) is 0 Å². The van der Waals surface area contributed by atoms with Gasteiger partial charge < -0.3 is 10.6 Å². The summed E-state index contributed by atoms with van der Waals surface area (Å²) in [4.78, 5) is 11.5. The molecule has 0 aliphatic carbocycles. The third-order valence-corrected chi connectivity index (χ3v) is 3.14. The molecule has 0 saturated heterocycles. The fourth-order valence-corrected chi connectivity index (χ4v) is 2.41. The second-order valence-electron chi connectivity index (χ2n) is 4.17. The minimum Gasteiger partial charge on any atom is -0.355 e. The van der Waals surface area contributed by atoms with E-state index in [4.69, 9.17) is 0 Å². The van der Waals surface area contributed by atoms with Crippen LogP contribution in [0.3, 0.4) is 0 Å². The van der Waals surface area contributed by atoms with E-state index in [0.29, 0.717) is 6.54 Å². The summed E-state index contributed by atoms with van der Waals surface area (Å²) >= 11 is 0. The van der Waals surface area contributed by atoms with Crippen LogP contribution in [-0.2, 0) is 14.6 Å². The van der Waals surface area contributed by atoms with Gasteiger partial charge in [0.05, 0.1) is 11.8 Å². The van der Waals surface area contributed by atoms with Crippen molar-refractivity contribution in [2.24, 2.45) is 0 Å². The first-order valence-corrected chi connectivity index (χ1v) is 7.53. The summed E-state index contributed by atoms with van der Waals surface area (Å²) in [6.07, 6.45) is 2.07. The Hall–Kier alpha value is -0.620. The summed E-state index contributed by atoms with van der Waals surface area (Å²) in [5.74, 6) is -0.0551. The molecule has 1 amide bonds. The second kappa shape index (κ2) is 6.85. The van der Waals surface area contributed by atoms with E-state index in [-0.39, 0.29) is 23.7 Å². The zero-order valence-electron chi connectivity index (χ0n) is 10.4. The summed E-state index contributed by atoms with van der Waals surface area (Å²) < 4.78 is 22.0. The van der Waals surface area contributed by atoms with Crippen molar-refractivity contribution in [1.82, 2.24) is 10.6 Å². The highest BCUT2D eigenvalue weighted by atomic mass is 32.2. The van der Waals surface area contributed by atoms with E-state index in [1.54, 1.807) is 13.8 Å². The summed E-state index contributed by atoms with van der Waals surface area (Å²) in [5.41, 5.74) is 0. The number of hydrogen-bond donors (Lipinski definition) is 2. The van der Waals surface area contributed by atoms with Crippen molar-refractivity contribution in [2.75, 3.05) is 18.6 Å². The molecule has 0 aromatic carbocycles. The normalized spacial score (nSPS) is 15.5. The van der Waals surface area contributed by atoms with E-state index in [9.17, 15) is 13.2 Å². The van der Waals surface area contributed by atoms with Crippen LogP contribution in [0.15, 0.2) is 0 Å². The summed E-state index contributed by atoms with van der Waals surface area (Å²) in [6, 6.07) is -0.597. The van der Waals surface area contributed by atoms with Crippen LogP contribution in [0.25, 0.3) is 0 Å². The van der Waals surface area contributed by atoms with Gasteiger partial charge in [-0.1, -0.05) is 6.92 Å². The zero-order valence-corrected chi connectivity index (χ0v) is 11.2. The Morgan fingerprint density at radius 2 is 1.88 bits per heavy atom. The highest BCUT2D eigenvalue weighted by Crippen LogP contribution is 1.93. The zero-order chi connectivity index (χ0) is 12.8. The maximum atomic E-state index is 11.5. The van der Waals surface area contributed by atoms with Crippen LogP contribution in [0, 0.1) is 0 Å². The van der Waals surface area contributed by atoms with Crippen LogP contribution >= 0.6 is 0 Å². The quantitative estimate of drug-likeness (QED) is 0.663. The van der Waals surface area contributed by atoms with Gasteiger partial charge in [-0.25, -0.2) is 8.42 Å². The number of nitrogens with one attached hydrogen (secondary N) is 2. The summed E-state index contributed by atoms with van der Waals surface area (Å²) in [6.45, 7) is 6.10. The van der Waals surface area contributed by atoms with Gasteiger partial charge in [-0.05, 0) is 20.3 Å². The van der Waals surface area contributed by atoms with E-state index >= 15 is 0 Å². The van der Waals surface area contributed by atoms with Crippen molar-refractivity contribution in [3.63, 3.8) is 0 Å². The Balaban J connectivity index is 4.03. The summed E-state index contributed by atoms with van der Waals surface area (Å²) in [7, 11) is -3.01. The van der Waals surface area contributed by atoms with Gasteiger partial charge >= 0.3 is 0 Å².